The average Bonchev–Trinajstić information content (AvgIpc) is 2.81. The number of nitrogens with zero attached hydrogens (tertiary/aromatic N) is 2. The van der Waals surface area contributed by atoms with Gasteiger partial charge in [-0.05, 0) is 29.6 Å². The van der Waals surface area contributed by atoms with Crippen molar-refractivity contribution in [1.82, 2.24) is 9.97 Å². The van der Waals surface area contributed by atoms with Gasteiger partial charge in [0.05, 0.1) is 10.4 Å². The van der Waals surface area contributed by atoms with Gasteiger partial charge in [0, 0.05) is 5.56 Å². The molecule has 2 N–H and O–H groups in total. The molecule has 2 heterocycles. The minimum atomic E-state index is -0.467. The Morgan fingerprint density at radius 2 is 2.06 bits per heavy atom. The second kappa shape index (κ2) is 4.19. The number of fused-ring (bicyclic) bond motifs is 1. The number of nitrogens with two attached hydrogens (primary N) is 1. The minimum absolute atomic E-state index is 0.0425. The van der Waals surface area contributed by atoms with Crippen LogP contribution in [-0.2, 0) is 0 Å². The summed E-state index contributed by atoms with van der Waals surface area (Å²) in [4.78, 5) is 9.39. The van der Waals surface area contributed by atoms with Crippen molar-refractivity contribution in [1.29, 1.82) is 0 Å². The lowest BCUT2D eigenvalue weighted by molar-refractivity contribution is 0.628. The van der Waals surface area contributed by atoms with Crippen LogP contribution in [0, 0.1) is 5.82 Å². The highest BCUT2D eigenvalue weighted by molar-refractivity contribution is 7.16. The first kappa shape index (κ1) is 11.4. The lowest BCUT2D eigenvalue weighted by atomic mass is 10.2. The van der Waals surface area contributed by atoms with E-state index in [0.29, 0.717) is 17.2 Å². The Balaban J connectivity index is 2.21. The lowest BCUT2D eigenvalue weighted by Crippen LogP contribution is -1.96. The summed E-state index contributed by atoms with van der Waals surface area (Å²) >= 11 is 7.22. The van der Waals surface area contributed by atoms with Crippen molar-refractivity contribution < 1.29 is 4.39 Å². The molecule has 0 aliphatic carbocycles. The zero-order valence-electron chi connectivity index (χ0n) is 9.02. The van der Waals surface area contributed by atoms with Gasteiger partial charge in [-0.15, -0.1) is 11.3 Å². The van der Waals surface area contributed by atoms with Gasteiger partial charge in [0.25, 0.3) is 0 Å². The highest BCUT2D eigenvalue weighted by Crippen LogP contribution is 2.28. The summed E-state index contributed by atoms with van der Waals surface area (Å²) in [5.74, 6) is 0.395. The topological polar surface area (TPSA) is 51.8 Å². The Labute approximate surface area is 111 Å². The molecule has 3 rings (SSSR count). The van der Waals surface area contributed by atoms with E-state index < -0.39 is 5.82 Å². The molecule has 6 heteroatoms. The number of anilines is 1. The summed E-state index contributed by atoms with van der Waals surface area (Å²) in [6.45, 7) is 0. The average molecular weight is 280 g/mol. The molecule has 0 atom stereocenters. The first-order valence-corrected chi connectivity index (χ1v) is 6.37. The Hall–Kier alpha value is -1.72. The van der Waals surface area contributed by atoms with Crippen LogP contribution in [0.3, 0.4) is 0 Å². The predicted molar refractivity (Wildman–Crippen MR) is 72.2 cm³/mol. The molecule has 0 radical (unpaired) electrons. The van der Waals surface area contributed by atoms with Gasteiger partial charge in [0.15, 0.2) is 5.82 Å². The molecule has 0 aliphatic heterocycles. The van der Waals surface area contributed by atoms with E-state index in [1.807, 2.05) is 11.4 Å². The summed E-state index contributed by atoms with van der Waals surface area (Å²) in [6, 6.07) is 6.23. The van der Waals surface area contributed by atoms with Crippen molar-refractivity contribution in [3.8, 4) is 11.4 Å². The molecule has 0 fully saturated rings. The normalized spacial score (nSPS) is 11.0. The van der Waals surface area contributed by atoms with Gasteiger partial charge in [-0.1, -0.05) is 11.6 Å². The summed E-state index contributed by atoms with van der Waals surface area (Å²) in [7, 11) is 0. The number of nitrogen functional groups attached to an aromatic ring is 1. The predicted octanol–water partition coefficient (Wildman–Crippen LogP) is 3.73. The van der Waals surface area contributed by atoms with Crippen molar-refractivity contribution >= 4 is 39.0 Å². The van der Waals surface area contributed by atoms with Gasteiger partial charge >= 0.3 is 0 Å². The maximum Gasteiger partial charge on any atom is 0.163 e. The molecule has 18 heavy (non-hydrogen) atoms. The van der Waals surface area contributed by atoms with Crippen molar-refractivity contribution in [2.24, 2.45) is 0 Å². The van der Waals surface area contributed by atoms with Crippen LogP contribution in [0.25, 0.3) is 21.6 Å². The van der Waals surface area contributed by atoms with Crippen molar-refractivity contribution in [3.63, 3.8) is 0 Å². The van der Waals surface area contributed by atoms with Gasteiger partial charge in [0.2, 0.25) is 0 Å². The largest absolute Gasteiger partial charge is 0.383 e. The summed E-state index contributed by atoms with van der Waals surface area (Å²) in [6.07, 6.45) is 0. The van der Waals surface area contributed by atoms with Crippen LogP contribution in [0.4, 0.5) is 10.2 Å². The third kappa shape index (κ3) is 1.81. The number of hydrogen-bond donors (Lipinski definition) is 1. The fourth-order valence-electron chi connectivity index (χ4n) is 1.64. The fourth-order valence-corrected chi connectivity index (χ4v) is 2.59. The first-order valence-electron chi connectivity index (χ1n) is 5.11. The first-order chi connectivity index (χ1) is 8.65. The van der Waals surface area contributed by atoms with Crippen LogP contribution in [0.5, 0.6) is 0 Å². The molecule has 0 bridgehead atoms. The molecule has 90 valence electrons. The number of halogens is 2. The second-order valence-electron chi connectivity index (χ2n) is 3.70. The zero-order valence-corrected chi connectivity index (χ0v) is 10.6. The number of thiophene rings is 1. The van der Waals surface area contributed by atoms with Crippen LogP contribution < -0.4 is 5.73 Å². The number of aromatic nitrogens is 2. The third-order valence-corrected chi connectivity index (χ3v) is 3.63. The third-order valence-electron chi connectivity index (χ3n) is 2.53. The van der Waals surface area contributed by atoms with Crippen LogP contribution in [0.15, 0.2) is 29.6 Å². The monoisotopic (exact) mass is 279 g/mol. The zero-order chi connectivity index (χ0) is 12.7. The molecule has 2 aromatic heterocycles. The van der Waals surface area contributed by atoms with E-state index in [-0.39, 0.29) is 5.02 Å². The van der Waals surface area contributed by atoms with E-state index in [2.05, 4.69) is 9.97 Å². The fraction of sp³-hybridized carbons (Fsp3) is 0. The Bertz CT molecular complexity index is 741. The van der Waals surface area contributed by atoms with Gasteiger partial charge in [0.1, 0.15) is 16.5 Å². The highest BCUT2D eigenvalue weighted by Gasteiger charge is 2.10. The molecule has 3 nitrogen and oxygen atoms in total. The highest BCUT2D eigenvalue weighted by atomic mass is 35.5. The molecule has 0 spiro atoms. The molecule has 0 amide bonds. The molecular formula is C12H7ClFN3S. The molecule has 1 aromatic carbocycles. The molecular weight excluding hydrogens is 273 g/mol. The Morgan fingerprint density at radius 3 is 2.83 bits per heavy atom. The minimum Gasteiger partial charge on any atom is -0.383 e. The summed E-state index contributed by atoms with van der Waals surface area (Å²) in [5.41, 5.74) is 6.50. The van der Waals surface area contributed by atoms with E-state index in [9.17, 15) is 4.39 Å². The Kier molecular flexibility index (Phi) is 2.65. The van der Waals surface area contributed by atoms with Crippen LogP contribution in [0.1, 0.15) is 0 Å². The van der Waals surface area contributed by atoms with E-state index in [1.165, 1.54) is 23.5 Å². The summed E-state index contributed by atoms with van der Waals surface area (Å²) in [5, 5.41) is 2.77. The number of hydrogen-bond acceptors (Lipinski definition) is 4. The van der Waals surface area contributed by atoms with Gasteiger partial charge < -0.3 is 5.73 Å². The number of rotatable bonds is 1. The SMILES string of the molecule is Nc1nc(-c2ccc(F)c(Cl)c2)nc2sccc12. The molecule has 3 aromatic rings. The van der Waals surface area contributed by atoms with Crippen LogP contribution in [0.2, 0.25) is 5.02 Å². The second-order valence-corrected chi connectivity index (χ2v) is 5.00. The molecule has 0 saturated heterocycles. The van der Waals surface area contributed by atoms with Gasteiger partial charge in [-0.25, -0.2) is 14.4 Å². The van der Waals surface area contributed by atoms with Crippen molar-refractivity contribution in [2.45, 2.75) is 0 Å². The molecule has 0 aliphatic rings. The quantitative estimate of drug-likeness (QED) is 0.738. The maximum absolute atomic E-state index is 13.1. The van der Waals surface area contributed by atoms with E-state index >= 15 is 0 Å². The smallest absolute Gasteiger partial charge is 0.163 e. The van der Waals surface area contributed by atoms with Gasteiger partial charge in [-0.3, -0.25) is 0 Å². The standard InChI is InChI=1S/C12H7ClFN3S/c13-8-5-6(1-2-9(8)14)11-16-10(15)7-3-4-18-12(7)17-11/h1-5H,(H2,15,16,17). The lowest BCUT2D eigenvalue weighted by Gasteiger charge is -2.03. The summed E-state index contributed by atoms with van der Waals surface area (Å²) < 4.78 is 13.1. The van der Waals surface area contributed by atoms with E-state index in [0.717, 1.165) is 10.2 Å². The van der Waals surface area contributed by atoms with E-state index in [4.69, 9.17) is 17.3 Å². The van der Waals surface area contributed by atoms with Crippen molar-refractivity contribution in [2.75, 3.05) is 5.73 Å². The Morgan fingerprint density at radius 1 is 1.22 bits per heavy atom. The van der Waals surface area contributed by atoms with E-state index in [1.54, 1.807) is 6.07 Å². The van der Waals surface area contributed by atoms with Crippen LogP contribution >= 0.6 is 22.9 Å². The molecule has 0 unspecified atom stereocenters. The van der Waals surface area contributed by atoms with Gasteiger partial charge in [-0.2, -0.15) is 0 Å². The number of benzene rings is 1. The molecule has 0 saturated carbocycles. The van der Waals surface area contributed by atoms with Crippen molar-refractivity contribution in [3.05, 3.63) is 40.5 Å². The maximum atomic E-state index is 13.1. The van der Waals surface area contributed by atoms with Crippen LogP contribution in [-0.4, -0.2) is 9.97 Å².